The Morgan fingerprint density at radius 3 is 2.41 bits per heavy atom. The van der Waals surface area contributed by atoms with Crippen LogP contribution in [-0.2, 0) is 0 Å². The van der Waals surface area contributed by atoms with Gasteiger partial charge in [-0.15, -0.1) is 0 Å². The third-order valence-corrected chi connectivity index (χ3v) is 2.85. The zero-order chi connectivity index (χ0) is 12.6. The molecule has 2 N–H and O–H groups in total. The first-order valence-corrected chi connectivity index (χ1v) is 5.53. The highest BCUT2D eigenvalue weighted by atomic mass is 19.1. The minimum absolute atomic E-state index is 0.137. The van der Waals surface area contributed by atoms with Gasteiger partial charge in [-0.25, -0.2) is 8.78 Å². The molecule has 1 heterocycles. The lowest BCUT2D eigenvalue weighted by Crippen LogP contribution is -2.41. The molecular formula is C12H15F2N3. The summed E-state index contributed by atoms with van der Waals surface area (Å²) in [7, 11) is 0. The van der Waals surface area contributed by atoms with E-state index >= 15 is 0 Å². The summed E-state index contributed by atoms with van der Waals surface area (Å²) in [5.74, 6) is -0.724. The molecule has 1 aromatic carbocycles. The summed E-state index contributed by atoms with van der Waals surface area (Å²) in [6.45, 7) is 4.37. The molecule has 1 aliphatic heterocycles. The molecule has 92 valence electrons. The quantitative estimate of drug-likeness (QED) is 0.858. The fraction of sp³-hybridized carbons (Fsp3) is 0.417. The van der Waals surface area contributed by atoms with Crippen molar-refractivity contribution in [1.82, 2.24) is 4.90 Å². The van der Waals surface area contributed by atoms with Crippen molar-refractivity contribution in [1.29, 1.82) is 0 Å². The van der Waals surface area contributed by atoms with E-state index < -0.39 is 11.6 Å². The van der Waals surface area contributed by atoms with Gasteiger partial charge in [0, 0.05) is 12.1 Å². The zero-order valence-electron chi connectivity index (χ0n) is 9.82. The van der Waals surface area contributed by atoms with Crippen LogP contribution in [0.5, 0.6) is 0 Å². The number of hydrogen-bond acceptors (Lipinski definition) is 3. The summed E-state index contributed by atoms with van der Waals surface area (Å²) >= 11 is 0. The van der Waals surface area contributed by atoms with E-state index in [2.05, 4.69) is 4.99 Å². The molecule has 0 bridgehead atoms. The van der Waals surface area contributed by atoms with E-state index in [4.69, 9.17) is 5.73 Å². The number of guanidine groups is 1. The molecule has 0 saturated heterocycles. The average molecular weight is 239 g/mol. The Bertz CT molecular complexity index is 437. The molecule has 1 aliphatic rings. The van der Waals surface area contributed by atoms with Gasteiger partial charge in [0.2, 0.25) is 0 Å². The molecule has 5 heteroatoms. The zero-order valence-corrected chi connectivity index (χ0v) is 9.82. The lowest BCUT2D eigenvalue weighted by molar-refractivity contribution is 0.289. The van der Waals surface area contributed by atoms with Gasteiger partial charge in [0.1, 0.15) is 11.6 Å². The van der Waals surface area contributed by atoms with Crippen molar-refractivity contribution in [2.75, 3.05) is 6.54 Å². The van der Waals surface area contributed by atoms with Gasteiger partial charge in [-0.2, -0.15) is 0 Å². The number of hydrogen-bond donors (Lipinski definition) is 1. The Labute approximate surface area is 98.9 Å². The molecule has 0 aromatic heterocycles. The smallest absolute Gasteiger partial charge is 0.192 e. The van der Waals surface area contributed by atoms with E-state index in [1.54, 1.807) is 0 Å². The summed E-state index contributed by atoms with van der Waals surface area (Å²) in [6, 6.07) is 3.48. The van der Waals surface area contributed by atoms with Crippen molar-refractivity contribution in [2.24, 2.45) is 10.7 Å². The van der Waals surface area contributed by atoms with Crippen LogP contribution >= 0.6 is 0 Å². The normalized spacial score (nSPS) is 19.9. The Balaban J connectivity index is 2.34. The number of nitrogens with zero attached hydrogens (tertiary/aromatic N) is 2. The van der Waals surface area contributed by atoms with Gasteiger partial charge in [-0.1, -0.05) is 0 Å². The number of nitrogens with two attached hydrogens (primary N) is 1. The fourth-order valence-electron chi connectivity index (χ4n) is 2.17. The molecule has 1 aromatic rings. The molecule has 3 nitrogen and oxygen atoms in total. The molecule has 0 fully saturated rings. The van der Waals surface area contributed by atoms with Crippen LogP contribution in [0.25, 0.3) is 0 Å². The molecule has 0 spiro atoms. The highest BCUT2D eigenvalue weighted by Crippen LogP contribution is 2.28. The summed E-state index contributed by atoms with van der Waals surface area (Å²) in [5, 5.41) is 0. The topological polar surface area (TPSA) is 41.6 Å². The van der Waals surface area contributed by atoms with Crippen LogP contribution in [0, 0.1) is 11.6 Å². The van der Waals surface area contributed by atoms with E-state index in [-0.39, 0.29) is 12.1 Å². The van der Waals surface area contributed by atoms with E-state index in [0.29, 0.717) is 18.1 Å². The van der Waals surface area contributed by atoms with Crippen LogP contribution in [0.4, 0.5) is 8.78 Å². The third kappa shape index (κ3) is 2.23. The van der Waals surface area contributed by atoms with Crippen molar-refractivity contribution in [3.63, 3.8) is 0 Å². The number of benzene rings is 1. The van der Waals surface area contributed by atoms with Gasteiger partial charge in [-0.05, 0) is 31.5 Å². The van der Waals surface area contributed by atoms with Crippen LogP contribution in [-0.4, -0.2) is 23.4 Å². The largest absolute Gasteiger partial charge is 0.370 e. The van der Waals surface area contributed by atoms with Gasteiger partial charge < -0.3 is 10.6 Å². The molecule has 0 radical (unpaired) electrons. The average Bonchev–Trinajstić information content (AvgIpc) is 2.58. The lowest BCUT2D eigenvalue weighted by Gasteiger charge is -2.30. The third-order valence-electron chi connectivity index (χ3n) is 2.85. The second kappa shape index (κ2) is 4.31. The van der Waals surface area contributed by atoms with Crippen LogP contribution in [0.2, 0.25) is 0 Å². The van der Waals surface area contributed by atoms with Crippen LogP contribution in [0.3, 0.4) is 0 Å². The van der Waals surface area contributed by atoms with Gasteiger partial charge in [-0.3, -0.25) is 4.99 Å². The minimum atomic E-state index is -0.575. The molecule has 0 amide bonds. The fourth-order valence-corrected chi connectivity index (χ4v) is 2.17. The van der Waals surface area contributed by atoms with Crippen molar-refractivity contribution >= 4 is 5.96 Å². The second-order valence-electron chi connectivity index (χ2n) is 4.42. The number of rotatable bonds is 2. The van der Waals surface area contributed by atoms with Gasteiger partial charge in [0.05, 0.1) is 12.6 Å². The molecule has 1 unspecified atom stereocenters. The van der Waals surface area contributed by atoms with E-state index in [1.165, 1.54) is 12.1 Å². The maximum absolute atomic E-state index is 13.2. The first kappa shape index (κ1) is 11.8. The Kier molecular flexibility index (Phi) is 3.00. The lowest BCUT2D eigenvalue weighted by atomic mass is 10.0. The summed E-state index contributed by atoms with van der Waals surface area (Å²) in [5.41, 5.74) is 6.34. The van der Waals surface area contributed by atoms with Crippen molar-refractivity contribution in [2.45, 2.75) is 25.9 Å². The molecule has 17 heavy (non-hydrogen) atoms. The Morgan fingerprint density at radius 2 is 1.88 bits per heavy atom. The van der Waals surface area contributed by atoms with E-state index in [9.17, 15) is 8.78 Å². The predicted octanol–water partition coefficient (Wildman–Crippen LogP) is 2.04. The highest BCUT2D eigenvalue weighted by Gasteiger charge is 2.29. The summed E-state index contributed by atoms with van der Waals surface area (Å²) in [6.07, 6.45) is 0. The molecular weight excluding hydrogens is 224 g/mol. The first-order valence-electron chi connectivity index (χ1n) is 5.53. The maximum Gasteiger partial charge on any atom is 0.192 e. The van der Waals surface area contributed by atoms with Crippen LogP contribution < -0.4 is 5.73 Å². The minimum Gasteiger partial charge on any atom is -0.370 e. The summed E-state index contributed by atoms with van der Waals surface area (Å²) in [4.78, 5) is 6.00. The maximum atomic E-state index is 13.2. The monoisotopic (exact) mass is 239 g/mol. The van der Waals surface area contributed by atoms with Crippen molar-refractivity contribution in [3.05, 3.63) is 35.4 Å². The first-order chi connectivity index (χ1) is 7.99. The van der Waals surface area contributed by atoms with Gasteiger partial charge in [0.25, 0.3) is 0 Å². The molecule has 1 atom stereocenters. The number of halogens is 2. The van der Waals surface area contributed by atoms with Crippen LogP contribution in [0.1, 0.15) is 25.5 Å². The molecule has 0 saturated carbocycles. The van der Waals surface area contributed by atoms with Crippen molar-refractivity contribution in [3.8, 4) is 0 Å². The summed E-state index contributed by atoms with van der Waals surface area (Å²) < 4.78 is 26.4. The highest BCUT2D eigenvalue weighted by molar-refractivity contribution is 5.80. The molecule has 2 rings (SSSR count). The second-order valence-corrected chi connectivity index (χ2v) is 4.42. The SMILES string of the molecule is CC(C)N1C(N)=NCC1c1cc(F)cc(F)c1. The van der Waals surface area contributed by atoms with Crippen molar-refractivity contribution < 1.29 is 8.78 Å². The van der Waals surface area contributed by atoms with Gasteiger partial charge >= 0.3 is 0 Å². The Morgan fingerprint density at radius 1 is 1.29 bits per heavy atom. The predicted molar refractivity (Wildman–Crippen MR) is 62.6 cm³/mol. The number of aliphatic imine (C=N–C) groups is 1. The standard InChI is InChI=1S/C12H15F2N3/c1-7(2)17-11(6-16-12(17)15)8-3-9(13)5-10(14)4-8/h3-5,7,11H,6H2,1-2H3,(H2,15,16). The Hall–Kier alpha value is -1.65. The van der Waals surface area contributed by atoms with Crippen LogP contribution in [0.15, 0.2) is 23.2 Å². The van der Waals surface area contributed by atoms with E-state index in [0.717, 1.165) is 6.07 Å². The van der Waals surface area contributed by atoms with E-state index in [1.807, 2.05) is 18.7 Å². The van der Waals surface area contributed by atoms with Gasteiger partial charge in [0.15, 0.2) is 5.96 Å². The molecule has 0 aliphatic carbocycles.